The third kappa shape index (κ3) is 4.80. The average molecular weight is 659 g/mol. The Labute approximate surface area is 291 Å². The third-order valence-corrected chi connectivity index (χ3v) is 11.2. The molecule has 50 heavy (non-hydrogen) atoms. The van der Waals surface area contributed by atoms with Gasteiger partial charge in [-0.05, 0) is 124 Å². The molecule has 0 unspecified atom stereocenters. The lowest BCUT2D eigenvalue weighted by Gasteiger charge is -2.42. The quantitative estimate of drug-likeness (QED) is 0.178. The first-order chi connectivity index (χ1) is 24.1. The highest BCUT2D eigenvalue weighted by Crippen LogP contribution is 2.51. The number of rotatable bonds is 4. The smallest absolute Gasteiger partial charge is 0.249 e. The van der Waals surface area contributed by atoms with E-state index in [9.17, 15) is 0 Å². The lowest BCUT2D eigenvalue weighted by atomic mass is 9.64. The molecule has 0 bridgehead atoms. The van der Waals surface area contributed by atoms with Crippen molar-refractivity contribution in [1.29, 1.82) is 0 Å². The normalized spacial score (nSPS) is 15.8. The number of alkyl halides is 2. The van der Waals surface area contributed by atoms with E-state index in [1.807, 2.05) is 0 Å². The number of benzene rings is 6. The molecular formula is C46H40F2N2. The highest BCUT2D eigenvalue weighted by atomic mass is 19.3. The highest BCUT2D eigenvalue weighted by molar-refractivity contribution is 6.10. The van der Waals surface area contributed by atoms with Gasteiger partial charge in [-0.1, -0.05) is 70.8 Å². The van der Waals surface area contributed by atoms with Crippen LogP contribution in [0.3, 0.4) is 0 Å². The summed E-state index contributed by atoms with van der Waals surface area (Å²) in [5.41, 5.74) is 12.7. The molecule has 0 atom stereocenters. The molecule has 0 saturated heterocycles. The van der Waals surface area contributed by atoms with Crippen molar-refractivity contribution in [3.05, 3.63) is 155 Å². The Hall–Kier alpha value is -5.22. The summed E-state index contributed by atoms with van der Waals surface area (Å²) in [5.74, 6) is -2.74. The number of aromatic nitrogens is 2. The van der Waals surface area contributed by atoms with E-state index in [-0.39, 0.29) is 12.8 Å². The van der Waals surface area contributed by atoms with E-state index in [0.717, 1.165) is 44.6 Å². The van der Waals surface area contributed by atoms with Crippen molar-refractivity contribution in [2.45, 2.75) is 64.7 Å². The fourth-order valence-corrected chi connectivity index (χ4v) is 8.84. The van der Waals surface area contributed by atoms with Crippen molar-refractivity contribution in [2.75, 3.05) is 0 Å². The van der Waals surface area contributed by atoms with Gasteiger partial charge in [0.1, 0.15) is 0 Å². The first-order valence-corrected chi connectivity index (χ1v) is 17.7. The lowest BCUT2D eigenvalue weighted by molar-refractivity contribution is -0.0543. The lowest BCUT2D eigenvalue weighted by Crippen LogP contribution is -2.39. The van der Waals surface area contributed by atoms with Crippen LogP contribution in [0.15, 0.2) is 121 Å². The van der Waals surface area contributed by atoms with Gasteiger partial charge in [0.25, 0.3) is 0 Å². The molecule has 4 heteroatoms. The van der Waals surface area contributed by atoms with Crippen LogP contribution in [0.5, 0.6) is 0 Å². The van der Waals surface area contributed by atoms with Crippen LogP contribution in [-0.4, -0.2) is 15.1 Å². The van der Waals surface area contributed by atoms with Gasteiger partial charge in [-0.25, -0.2) is 8.78 Å². The Morgan fingerprint density at radius 1 is 0.440 bits per heavy atom. The molecule has 6 aromatic carbocycles. The Morgan fingerprint density at radius 3 is 1.10 bits per heavy atom. The van der Waals surface area contributed by atoms with Gasteiger partial charge in [-0.3, -0.25) is 0 Å². The number of halogens is 2. The van der Waals surface area contributed by atoms with E-state index in [4.69, 9.17) is 0 Å². The fourth-order valence-electron chi connectivity index (χ4n) is 8.84. The second kappa shape index (κ2) is 11.1. The van der Waals surface area contributed by atoms with Crippen molar-refractivity contribution in [1.82, 2.24) is 9.13 Å². The Morgan fingerprint density at radius 2 is 0.780 bits per heavy atom. The average Bonchev–Trinajstić information content (AvgIpc) is 3.59. The summed E-state index contributed by atoms with van der Waals surface area (Å²) in [6.45, 7) is 8.51. The van der Waals surface area contributed by atoms with Crippen molar-refractivity contribution in [2.24, 2.45) is 0 Å². The van der Waals surface area contributed by atoms with Gasteiger partial charge in [-0.2, -0.15) is 0 Å². The van der Waals surface area contributed by atoms with Crippen LogP contribution in [0.1, 0.15) is 59.1 Å². The van der Waals surface area contributed by atoms with Crippen molar-refractivity contribution in [3.63, 3.8) is 0 Å². The summed E-state index contributed by atoms with van der Waals surface area (Å²) in [4.78, 5) is 0. The Bertz CT molecular complexity index is 2310. The molecule has 8 aromatic rings. The van der Waals surface area contributed by atoms with E-state index >= 15 is 8.78 Å². The molecule has 248 valence electrons. The maximum atomic E-state index is 15.5. The fraction of sp³-hybridized carbons (Fsp3) is 0.217. The molecule has 1 fully saturated rings. The van der Waals surface area contributed by atoms with E-state index in [1.54, 1.807) is 0 Å². The molecule has 0 radical (unpaired) electrons. The van der Waals surface area contributed by atoms with Crippen molar-refractivity contribution in [3.8, 4) is 11.4 Å². The number of fused-ring (bicyclic) bond motifs is 6. The largest absolute Gasteiger partial charge is 0.309 e. The Kier molecular flexibility index (Phi) is 6.87. The number of hydrogen-bond donors (Lipinski definition) is 0. The second-order valence-electron chi connectivity index (χ2n) is 14.8. The summed E-state index contributed by atoms with van der Waals surface area (Å²) < 4.78 is 35.6. The molecule has 0 aliphatic heterocycles. The molecule has 1 aliphatic carbocycles. The summed E-state index contributed by atoms with van der Waals surface area (Å²) in [6, 6.07) is 43.3. The first-order valence-electron chi connectivity index (χ1n) is 17.7. The minimum Gasteiger partial charge on any atom is -0.309 e. The molecule has 0 N–H and O–H groups in total. The maximum absolute atomic E-state index is 15.5. The molecule has 9 rings (SSSR count). The monoisotopic (exact) mass is 658 g/mol. The van der Waals surface area contributed by atoms with Crippen LogP contribution in [0.4, 0.5) is 8.78 Å². The van der Waals surface area contributed by atoms with Gasteiger partial charge in [0.15, 0.2) is 0 Å². The van der Waals surface area contributed by atoms with E-state index in [1.165, 1.54) is 43.8 Å². The molecule has 2 heterocycles. The van der Waals surface area contributed by atoms with Gasteiger partial charge in [0.05, 0.1) is 22.1 Å². The zero-order valence-corrected chi connectivity index (χ0v) is 29.0. The molecular weight excluding hydrogens is 619 g/mol. The zero-order valence-electron chi connectivity index (χ0n) is 29.0. The number of nitrogens with zero attached hydrogens (tertiary/aromatic N) is 2. The van der Waals surface area contributed by atoms with Crippen molar-refractivity contribution < 1.29 is 8.78 Å². The van der Waals surface area contributed by atoms with Crippen LogP contribution < -0.4 is 0 Å². The van der Waals surface area contributed by atoms with Gasteiger partial charge >= 0.3 is 0 Å². The Balaban J connectivity index is 1.16. The van der Waals surface area contributed by atoms with E-state index in [0.29, 0.717) is 12.8 Å². The third-order valence-electron chi connectivity index (χ3n) is 11.2. The number of hydrogen-bond acceptors (Lipinski definition) is 0. The maximum Gasteiger partial charge on any atom is 0.249 e. The van der Waals surface area contributed by atoms with Crippen molar-refractivity contribution >= 4 is 43.6 Å². The first kappa shape index (κ1) is 30.8. The molecule has 1 saturated carbocycles. The van der Waals surface area contributed by atoms with Crippen LogP contribution in [0.25, 0.3) is 55.0 Å². The van der Waals surface area contributed by atoms with E-state index < -0.39 is 11.3 Å². The SMILES string of the molecule is Cc1ccc2c(c1)c1cc(C)ccc1n2-c1ccc(C2(c3ccc(-n4c5ccc(C)cc5c5cc(C)ccc54)cc3)CCCC(F)(F)C2)cc1. The minimum absolute atomic E-state index is 0.0642. The minimum atomic E-state index is -2.74. The van der Waals surface area contributed by atoms with Gasteiger partial charge in [-0.15, -0.1) is 0 Å². The predicted molar refractivity (Wildman–Crippen MR) is 205 cm³/mol. The molecule has 1 aliphatic rings. The molecule has 0 amide bonds. The zero-order chi connectivity index (χ0) is 34.4. The van der Waals surface area contributed by atoms with Crippen LogP contribution >= 0.6 is 0 Å². The van der Waals surface area contributed by atoms with Crippen LogP contribution in [0.2, 0.25) is 0 Å². The summed E-state index contributed by atoms with van der Waals surface area (Å²) in [5, 5.41) is 4.91. The topological polar surface area (TPSA) is 9.86 Å². The predicted octanol–water partition coefficient (Wildman–Crippen LogP) is 12.6. The molecule has 2 nitrogen and oxygen atoms in total. The van der Waals surface area contributed by atoms with Gasteiger partial charge < -0.3 is 9.13 Å². The standard InChI is InChI=1S/C46H40F2N2/c1-29-6-18-41-37(24-29)38-25-30(2)7-19-42(38)49(41)35-14-10-33(11-15-35)45(22-5-23-46(47,48)28-45)34-12-16-36(17-13-34)50-43-20-8-31(3)26-39(43)40-27-32(4)9-21-44(40)50/h6-21,24-27H,5,22-23,28H2,1-4H3. The van der Waals surface area contributed by atoms with Crippen LogP contribution in [-0.2, 0) is 5.41 Å². The molecule has 2 aromatic heterocycles. The van der Waals surface area contributed by atoms with Crippen LogP contribution in [0, 0.1) is 27.7 Å². The summed E-state index contributed by atoms with van der Waals surface area (Å²) in [7, 11) is 0. The molecule has 0 spiro atoms. The highest BCUT2D eigenvalue weighted by Gasteiger charge is 2.47. The number of aryl methyl sites for hydroxylation is 4. The second-order valence-corrected chi connectivity index (χ2v) is 14.8. The van der Waals surface area contributed by atoms with Gasteiger partial charge in [0.2, 0.25) is 5.92 Å². The van der Waals surface area contributed by atoms with E-state index in [2.05, 4.69) is 158 Å². The summed E-state index contributed by atoms with van der Waals surface area (Å²) in [6.07, 6.45) is 0.905. The summed E-state index contributed by atoms with van der Waals surface area (Å²) >= 11 is 0. The van der Waals surface area contributed by atoms with Gasteiger partial charge in [0, 0.05) is 51.2 Å².